The molecule has 0 spiro atoms. The topological polar surface area (TPSA) is 83.7 Å². The molecule has 1 heterocycles. The van der Waals surface area contributed by atoms with Crippen molar-refractivity contribution in [3.05, 3.63) is 0 Å². The number of rotatable bonds is 6. The molecule has 1 saturated heterocycles. The standard InChI is InChI=1S/C11H19N3O3/c1-13(7-2-6-12)9(15)5-8-14-10(16)3-4-11(14)17/h2-8,12H2,1H3. The van der Waals surface area contributed by atoms with Crippen LogP contribution in [0, 0.1) is 0 Å². The lowest BCUT2D eigenvalue weighted by molar-refractivity contribution is -0.139. The first-order chi connectivity index (χ1) is 8.06. The summed E-state index contributed by atoms with van der Waals surface area (Å²) in [5.74, 6) is -0.411. The number of carbonyl (C=O) groups excluding carboxylic acids is 3. The van der Waals surface area contributed by atoms with Crippen molar-refractivity contribution in [1.82, 2.24) is 9.80 Å². The highest BCUT2D eigenvalue weighted by molar-refractivity contribution is 6.02. The first-order valence-corrected chi connectivity index (χ1v) is 5.83. The van der Waals surface area contributed by atoms with Gasteiger partial charge in [-0.1, -0.05) is 0 Å². The number of likely N-dealkylation sites (tertiary alicyclic amines) is 1. The van der Waals surface area contributed by atoms with E-state index in [0.717, 1.165) is 6.42 Å². The molecule has 0 saturated carbocycles. The van der Waals surface area contributed by atoms with Gasteiger partial charge in [0, 0.05) is 39.4 Å². The van der Waals surface area contributed by atoms with E-state index in [0.29, 0.717) is 13.1 Å². The van der Waals surface area contributed by atoms with E-state index in [1.807, 2.05) is 0 Å². The Bertz CT molecular complexity index is 301. The molecule has 1 aliphatic rings. The third-order valence-electron chi connectivity index (χ3n) is 2.83. The molecular formula is C11H19N3O3. The van der Waals surface area contributed by atoms with Crippen molar-refractivity contribution in [1.29, 1.82) is 0 Å². The number of hydrogen-bond donors (Lipinski definition) is 1. The second-order valence-electron chi connectivity index (χ2n) is 4.15. The van der Waals surface area contributed by atoms with Crippen molar-refractivity contribution in [2.24, 2.45) is 5.73 Å². The molecule has 96 valence electrons. The Hall–Kier alpha value is -1.43. The molecule has 0 radical (unpaired) electrons. The van der Waals surface area contributed by atoms with Crippen LogP contribution in [0.5, 0.6) is 0 Å². The molecule has 0 atom stereocenters. The molecule has 6 heteroatoms. The van der Waals surface area contributed by atoms with E-state index in [2.05, 4.69) is 0 Å². The Kier molecular flexibility index (Phi) is 5.09. The molecule has 0 aromatic rings. The van der Waals surface area contributed by atoms with Crippen LogP contribution in [0.2, 0.25) is 0 Å². The number of imide groups is 1. The predicted octanol–water partition coefficient (Wildman–Crippen LogP) is -0.667. The summed E-state index contributed by atoms with van der Waals surface area (Å²) >= 11 is 0. The summed E-state index contributed by atoms with van der Waals surface area (Å²) < 4.78 is 0. The minimum Gasteiger partial charge on any atom is -0.346 e. The van der Waals surface area contributed by atoms with Gasteiger partial charge in [0.2, 0.25) is 17.7 Å². The molecule has 1 rings (SSSR count). The van der Waals surface area contributed by atoms with Gasteiger partial charge < -0.3 is 10.6 Å². The second kappa shape index (κ2) is 6.34. The summed E-state index contributed by atoms with van der Waals surface area (Å²) in [6.45, 7) is 1.35. The quantitative estimate of drug-likeness (QED) is 0.625. The van der Waals surface area contributed by atoms with Crippen molar-refractivity contribution in [3.8, 4) is 0 Å². The predicted molar refractivity (Wildman–Crippen MR) is 61.9 cm³/mol. The lowest BCUT2D eigenvalue weighted by atomic mass is 10.3. The molecule has 3 amide bonds. The third-order valence-corrected chi connectivity index (χ3v) is 2.83. The van der Waals surface area contributed by atoms with Gasteiger partial charge in [-0.2, -0.15) is 0 Å². The maximum absolute atomic E-state index is 11.7. The Morgan fingerprint density at radius 3 is 2.47 bits per heavy atom. The van der Waals surface area contributed by atoms with E-state index >= 15 is 0 Å². The normalized spacial score (nSPS) is 15.5. The summed E-state index contributed by atoms with van der Waals surface area (Å²) in [4.78, 5) is 37.0. The Morgan fingerprint density at radius 1 is 1.35 bits per heavy atom. The number of hydrogen-bond acceptors (Lipinski definition) is 4. The highest BCUT2D eigenvalue weighted by atomic mass is 16.2. The Balaban J connectivity index is 2.32. The average molecular weight is 241 g/mol. The van der Waals surface area contributed by atoms with Crippen LogP contribution < -0.4 is 5.73 Å². The number of amides is 3. The summed E-state index contributed by atoms with van der Waals surface area (Å²) in [6.07, 6.45) is 1.49. The zero-order valence-electron chi connectivity index (χ0n) is 10.1. The van der Waals surface area contributed by atoms with Gasteiger partial charge in [-0.05, 0) is 13.0 Å². The molecule has 1 fully saturated rings. The zero-order valence-corrected chi connectivity index (χ0v) is 10.1. The summed E-state index contributed by atoms with van der Waals surface area (Å²) in [7, 11) is 1.70. The van der Waals surface area contributed by atoms with Crippen molar-refractivity contribution < 1.29 is 14.4 Å². The van der Waals surface area contributed by atoms with Crippen LogP contribution >= 0.6 is 0 Å². The molecule has 0 aliphatic carbocycles. The Morgan fingerprint density at radius 2 is 1.94 bits per heavy atom. The summed E-state index contributed by atoms with van der Waals surface area (Å²) in [5, 5.41) is 0. The maximum Gasteiger partial charge on any atom is 0.229 e. The largest absolute Gasteiger partial charge is 0.346 e. The van der Waals surface area contributed by atoms with Crippen LogP contribution in [-0.2, 0) is 14.4 Å². The first-order valence-electron chi connectivity index (χ1n) is 5.83. The fourth-order valence-corrected chi connectivity index (χ4v) is 1.72. The van der Waals surface area contributed by atoms with Crippen LogP contribution in [0.15, 0.2) is 0 Å². The van der Waals surface area contributed by atoms with Crippen LogP contribution in [-0.4, -0.2) is 54.2 Å². The van der Waals surface area contributed by atoms with Crippen LogP contribution in [0.25, 0.3) is 0 Å². The number of nitrogens with zero attached hydrogens (tertiary/aromatic N) is 2. The van der Waals surface area contributed by atoms with Gasteiger partial charge in [0.1, 0.15) is 0 Å². The minimum atomic E-state index is -0.174. The van der Waals surface area contributed by atoms with Gasteiger partial charge in [-0.3, -0.25) is 19.3 Å². The monoisotopic (exact) mass is 241 g/mol. The lowest BCUT2D eigenvalue weighted by Gasteiger charge is -2.19. The highest BCUT2D eigenvalue weighted by Crippen LogP contribution is 2.12. The SMILES string of the molecule is CN(CCCN)C(=O)CCN1C(=O)CCC1=O. The highest BCUT2D eigenvalue weighted by Gasteiger charge is 2.28. The summed E-state index contributed by atoms with van der Waals surface area (Å²) in [6, 6.07) is 0. The van der Waals surface area contributed by atoms with Crippen LogP contribution in [0.4, 0.5) is 0 Å². The fraction of sp³-hybridized carbons (Fsp3) is 0.727. The van der Waals surface area contributed by atoms with E-state index < -0.39 is 0 Å². The average Bonchev–Trinajstić information content (AvgIpc) is 2.63. The van der Waals surface area contributed by atoms with Crippen molar-refractivity contribution in [2.75, 3.05) is 26.7 Å². The molecule has 0 aromatic carbocycles. The van der Waals surface area contributed by atoms with Gasteiger partial charge in [0.15, 0.2) is 0 Å². The molecule has 2 N–H and O–H groups in total. The molecule has 1 aliphatic heterocycles. The zero-order chi connectivity index (χ0) is 12.8. The second-order valence-corrected chi connectivity index (χ2v) is 4.15. The van der Waals surface area contributed by atoms with Crippen molar-refractivity contribution in [3.63, 3.8) is 0 Å². The maximum atomic E-state index is 11.7. The Labute approximate surface area is 101 Å². The minimum absolute atomic E-state index is 0.0639. The van der Waals surface area contributed by atoms with Crippen molar-refractivity contribution >= 4 is 17.7 Å². The van der Waals surface area contributed by atoms with E-state index in [4.69, 9.17) is 5.73 Å². The first kappa shape index (κ1) is 13.6. The van der Waals surface area contributed by atoms with Gasteiger partial charge in [0.05, 0.1) is 0 Å². The van der Waals surface area contributed by atoms with Gasteiger partial charge in [-0.15, -0.1) is 0 Å². The molecular weight excluding hydrogens is 222 g/mol. The summed E-state index contributed by atoms with van der Waals surface area (Å²) in [5.41, 5.74) is 5.35. The van der Waals surface area contributed by atoms with Crippen LogP contribution in [0.3, 0.4) is 0 Å². The fourth-order valence-electron chi connectivity index (χ4n) is 1.72. The molecule has 0 unspecified atom stereocenters. The van der Waals surface area contributed by atoms with Gasteiger partial charge >= 0.3 is 0 Å². The van der Waals surface area contributed by atoms with E-state index in [9.17, 15) is 14.4 Å². The molecule has 0 bridgehead atoms. The van der Waals surface area contributed by atoms with Crippen molar-refractivity contribution in [2.45, 2.75) is 25.7 Å². The number of nitrogens with two attached hydrogens (primary N) is 1. The van der Waals surface area contributed by atoms with Gasteiger partial charge in [0.25, 0.3) is 0 Å². The van der Waals surface area contributed by atoms with E-state index in [1.165, 1.54) is 4.90 Å². The molecule has 17 heavy (non-hydrogen) atoms. The third kappa shape index (κ3) is 3.81. The van der Waals surface area contributed by atoms with Crippen LogP contribution in [0.1, 0.15) is 25.7 Å². The molecule has 0 aromatic heterocycles. The molecule has 6 nitrogen and oxygen atoms in total. The number of carbonyl (C=O) groups is 3. The van der Waals surface area contributed by atoms with Gasteiger partial charge in [-0.25, -0.2) is 0 Å². The van der Waals surface area contributed by atoms with E-state index in [-0.39, 0.29) is 43.5 Å². The smallest absolute Gasteiger partial charge is 0.229 e. The van der Waals surface area contributed by atoms with E-state index in [1.54, 1.807) is 11.9 Å². The lowest BCUT2D eigenvalue weighted by Crippen LogP contribution is -2.35.